The molecule has 1 heterocycles. The van der Waals surface area contributed by atoms with E-state index in [2.05, 4.69) is 22.8 Å². The molecular formula is C21H39N5O2S. The predicted octanol–water partition coefficient (Wildman–Crippen LogP) is 1.29. The summed E-state index contributed by atoms with van der Waals surface area (Å²) in [5.74, 6) is -0.109. The van der Waals surface area contributed by atoms with Crippen molar-refractivity contribution in [3.05, 3.63) is 21.9 Å². The Balaban J connectivity index is 2.52. The molecule has 166 valence electrons. The number of nitrogens with two attached hydrogens (primary N) is 3. The summed E-state index contributed by atoms with van der Waals surface area (Å²) in [7, 11) is 0. The van der Waals surface area contributed by atoms with Gasteiger partial charge in [-0.25, -0.2) is 0 Å². The van der Waals surface area contributed by atoms with Crippen LogP contribution in [0.15, 0.2) is 12.1 Å². The van der Waals surface area contributed by atoms with E-state index < -0.39 is 12.1 Å². The molecule has 8 heteroatoms. The predicted molar refractivity (Wildman–Crippen MR) is 121 cm³/mol. The monoisotopic (exact) mass is 425 g/mol. The Labute approximate surface area is 179 Å². The number of nitrogens with one attached hydrogen (secondary N) is 2. The normalized spacial score (nSPS) is 13.3. The van der Waals surface area contributed by atoms with Gasteiger partial charge >= 0.3 is 0 Å². The van der Waals surface area contributed by atoms with Gasteiger partial charge in [0.25, 0.3) is 0 Å². The highest BCUT2D eigenvalue weighted by atomic mass is 32.1. The Hall–Kier alpha value is -1.48. The van der Waals surface area contributed by atoms with Crippen LogP contribution in [0.25, 0.3) is 0 Å². The van der Waals surface area contributed by atoms with Crippen LogP contribution in [0, 0.1) is 5.92 Å². The molecule has 0 saturated carbocycles. The molecule has 0 aliphatic heterocycles. The first-order valence-electron chi connectivity index (χ1n) is 10.7. The summed E-state index contributed by atoms with van der Waals surface area (Å²) < 4.78 is 0. The number of hydrogen-bond acceptors (Lipinski definition) is 6. The summed E-state index contributed by atoms with van der Waals surface area (Å²) >= 11 is 1.76. The molecular weight excluding hydrogens is 386 g/mol. The zero-order valence-electron chi connectivity index (χ0n) is 17.9. The van der Waals surface area contributed by atoms with Crippen LogP contribution < -0.4 is 27.8 Å². The maximum Gasteiger partial charge on any atom is 0.242 e. The molecule has 29 heavy (non-hydrogen) atoms. The summed E-state index contributed by atoms with van der Waals surface area (Å²) in [6.07, 6.45) is 5.51. The molecule has 0 saturated heterocycles. The second kappa shape index (κ2) is 14.5. The Morgan fingerprint density at radius 3 is 2.28 bits per heavy atom. The van der Waals surface area contributed by atoms with Gasteiger partial charge in [-0.1, -0.05) is 13.8 Å². The van der Waals surface area contributed by atoms with Gasteiger partial charge in [0, 0.05) is 16.3 Å². The quantitative estimate of drug-likeness (QED) is 0.270. The van der Waals surface area contributed by atoms with Crippen molar-refractivity contribution in [3.8, 4) is 0 Å². The molecule has 0 radical (unpaired) electrons. The Morgan fingerprint density at radius 2 is 1.66 bits per heavy atom. The topological polar surface area (TPSA) is 136 Å². The maximum absolute atomic E-state index is 12.6. The number of rotatable bonds is 15. The number of aryl methyl sites for hydroxylation is 1. The van der Waals surface area contributed by atoms with Crippen molar-refractivity contribution in [3.63, 3.8) is 0 Å². The minimum Gasteiger partial charge on any atom is -0.354 e. The summed E-state index contributed by atoms with van der Waals surface area (Å²) in [6.45, 7) is 5.84. The fraction of sp³-hybridized carbons (Fsp3) is 0.714. The van der Waals surface area contributed by atoms with Gasteiger partial charge in [-0.05, 0) is 76.1 Å². The zero-order valence-corrected chi connectivity index (χ0v) is 18.7. The van der Waals surface area contributed by atoms with Crippen LogP contribution in [0.5, 0.6) is 0 Å². The van der Waals surface area contributed by atoms with Crippen molar-refractivity contribution >= 4 is 23.2 Å². The summed E-state index contributed by atoms with van der Waals surface area (Å²) in [4.78, 5) is 27.6. The summed E-state index contributed by atoms with van der Waals surface area (Å²) in [5, 5.41) is 5.79. The largest absolute Gasteiger partial charge is 0.354 e. The highest BCUT2D eigenvalue weighted by Crippen LogP contribution is 2.18. The van der Waals surface area contributed by atoms with Gasteiger partial charge in [-0.3, -0.25) is 9.59 Å². The van der Waals surface area contributed by atoms with Crippen molar-refractivity contribution in [1.82, 2.24) is 10.6 Å². The van der Waals surface area contributed by atoms with E-state index in [1.54, 1.807) is 11.3 Å². The highest BCUT2D eigenvalue weighted by Gasteiger charge is 2.23. The van der Waals surface area contributed by atoms with E-state index in [-0.39, 0.29) is 11.8 Å². The molecule has 0 fully saturated rings. The first-order valence-corrected chi connectivity index (χ1v) is 11.5. The van der Waals surface area contributed by atoms with Gasteiger partial charge in [-0.2, -0.15) is 0 Å². The summed E-state index contributed by atoms with van der Waals surface area (Å²) in [6, 6.07) is 3.06. The van der Waals surface area contributed by atoms with E-state index in [1.807, 2.05) is 13.8 Å². The standard InChI is InChI=1S/C21H39N5O2S/c1-15(2)14-18(24)20(27)26-19(7-3-4-11-22)21(28)25-13-10-17-9-8-16(29-17)6-5-12-23/h8-9,15,18-19H,3-7,10-14,22-24H2,1-2H3,(H,25,28)(H,26,27)/t18-,19-/m0/s1. The first-order chi connectivity index (χ1) is 13.9. The van der Waals surface area contributed by atoms with Gasteiger partial charge in [0.1, 0.15) is 6.04 Å². The molecule has 7 nitrogen and oxygen atoms in total. The number of hydrogen-bond donors (Lipinski definition) is 5. The van der Waals surface area contributed by atoms with Crippen LogP contribution in [-0.4, -0.2) is 43.5 Å². The minimum atomic E-state index is -0.599. The van der Waals surface area contributed by atoms with Crippen molar-refractivity contribution in [2.45, 2.75) is 70.9 Å². The van der Waals surface area contributed by atoms with Crippen LogP contribution in [0.1, 0.15) is 55.7 Å². The molecule has 8 N–H and O–H groups in total. The van der Waals surface area contributed by atoms with E-state index in [1.165, 1.54) is 9.75 Å². The molecule has 0 aromatic carbocycles. The SMILES string of the molecule is CC(C)C[C@H](N)C(=O)N[C@@H](CCCCN)C(=O)NCCc1ccc(CCCN)s1. The molecule has 0 aliphatic rings. The van der Waals surface area contributed by atoms with E-state index in [9.17, 15) is 9.59 Å². The molecule has 1 rings (SSSR count). The van der Waals surface area contributed by atoms with Crippen molar-refractivity contribution in [2.24, 2.45) is 23.1 Å². The lowest BCUT2D eigenvalue weighted by molar-refractivity contribution is -0.130. The lowest BCUT2D eigenvalue weighted by Gasteiger charge is -2.21. The Bertz CT molecular complexity index is 606. The second-order valence-electron chi connectivity index (χ2n) is 7.88. The van der Waals surface area contributed by atoms with E-state index in [0.29, 0.717) is 38.4 Å². The van der Waals surface area contributed by atoms with Crippen LogP contribution in [0.4, 0.5) is 0 Å². The number of thiophene rings is 1. The fourth-order valence-corrected chi connectivity index (χ4v) is 4.11. The molecule has 0 aliphatic carbocycles. The van der Waals surface area contributed by atoms with Crippen LogP contribution in [-0.2, 0) is 22.4 Å². The number of unbranched alkanes of at least 4 members (excludes halogenated alkanes) is 1. The molecule has 2 atom stereocenters. The molecule has 0 unspecified atom stereocenters. The molecule has 0 spiro atoms. The number of amides is 2. The third-order valence-corrected chi connectivity index (χ3v) is 5.86. The third-order valence-electron chi connectivity index (χ3n) is 4.66. The van der Waals surface area contributed by atoms with Gasteiger partial charge in [0.15, 0.2) is 0 Å². The van der Waals surface area contributed by atoms with Gasteiger partial charge in [0.05, 0.1) is 6.04 Å². The molecule has 2 amide bonds. The number of carbonyl (C=O) groups is 2. The van der Waals surface area contributed by atoms with Crippen molar-refractivity contribution in [1.29, 1.82) is 0 Å². The van der Waals surface area contributed by atoms with Gasteiger partial charge in [0.2, 0.25) is 11.8 Å². The lowest BCUT2D eigenvalue weighted by Crippen LogP contribution is -2.52. The molecule has 1 aromatic heterocycles. The average molecular weight is 426 g/mol. The van der Waals surface area contributed by atoms with Gasteiger partial charge in [-0.15, -0.1) is 11.3 Å². The van der Waals surface area contributed by atoms with Crippen LogP contribution in [0.2, 0.25) is 0 Å². The van der Waals surface area contributed by atoms with E-state index in [4.69, 9.17) is 17.2 Å². The van der Waals surface area contributed by atoms with Gasteiger partial charge < -0.3 is 27.8 Å². The Kier molecular flexibility index (Phi) is 12.8. The lowest BCUT2D eigenvalue weighted by atomic mass is 10.0. The first kappa shape index (κ1) is 25.6. The molecule has 1 aromatic rings. The van der Waals surface area contributed by atoms with E-state index in [0.717, 1.165) is 32.1 Å². The second-order valence-corrected chi connectivity index (χ2v) is 9.14. The average Bonchev–Trinajstić information content (AvgIpc) is 3.12. The molecule has 0 bridgehead atoms. The van der Waals surface area contributed by atoms with Crippen molar-refractivity contribution in [2.75, 3.05) is 19.6 Å². The third kappa shape index (κ3) is 10.7. The Morgan fingerprint density at radius 1 is 1.00 bits per heavy atom. The fourth-order valence-electron chi connectivity index (χ4n) is 3.05. The summed E-state index contributed by atoms with van der Waals surface area (Å²) in [5.41, 5.74) is 17.1. The maximum atomic E-state index is 12.6. The van der Waals surface area contributed by atoms with Crippen LogP contribution >= 0.6 is 11.3 Å². The van der Waals surface area contributed by atoms with E-state index >= 15 is 0 Å². The smallest absolute Gasteiger partial charge is 0.242 e. The van der Waals surface area contributed by atoms with Crippen LogP contribution in [0.3, 0.4) is 0 Å². The number of carbonyl (C=O) groups excluding carboxylic acids is 2. The minimum absolute atomic E-state index is 0.160. The highest BCUT2D eigenvalue weighted by molar-refractivity contribution is 7.11. The zero-order chi connectivity index (χ0) is 21.6. The van der Waals surface area contributed by atoms with Crippen molar-refractivity contribution < 1.29 is 9.59 Å².